The molecule has 1 heterocycles. The Bertz CT molecular complexity index is 995. The van der Waals surface area contributed by atoms with Crippen molar-refractivity contribution in [2.75, 3.05) is 35.0 Å². The minimum atomic E-state index is -4.84. The number of rotatable bonds is 8. The Balaban J connectivity index is 2.24. The number of phosphoric acid groups is 1. The summed E-state index contributed by atoms with van der Waals surface area (Å²) < 4.78 is 38.0. The zero-order chi connectivity index (χ0) is 22.8. The van der Waals surface area contributed by atoms with Gasteiger partial charge in [-0.15, -0.1) is 0 Å². The quantitative estimate of drug-likeness (QED) is 0.458. The Hall–Kier alpha value is -2.94. The fraction of sp³-hybridized carbons (Fsp3) is 0.350. The molecule has 2 N–H and O–H groups in total. The topological polar surface area (TPSA) is 124 Å². The minimum absolute atomic E-state index is 0.0451. The van der Waals surface area contributed by atoms with Crippen molar-refractivity contribution < 1.29 is 42.6 Å². The van der Waals surface area contributed by atoms with Crippen LogP contribution in [-0.4, -0.2) is 56.1 Å². The molecule has 0 saturated carbocycles. The second-order valence-corrected chi connectivity index (χ2v) is 7.86. The van der Waals surface area contributed by atoms with E-state index in [1.54, 1.807) is 29.2 Å². The lowest BCUT2D eigenvalue weighted by molar-refractivity contribution is -0.120. The van der Waals surface area contributed by atoms with E-state index in [0.717, 1.165) is 6.41 Å². The number of phosphoric ester groups is 1. The number of fused-ring (bicyclic) bond motifs is 1. The van der Waals surface area contributed by atoms with Gasteiger partial charge in [0.2, 0.25) is 12.2 Å². The maximum Gasteiger partial charge on any atom is 0.524 e. The normalized spacial score (nSPS) is 15.7. The predicted octanol–water partition coefficient (Wildman–Crippen LogP) is 2.30. The van der Waals surface area contributed by atoms with Crippen LogP contribution in [0.5, 0.6) is 28.7 Å². The molecular formula is C20H24NO9P. The molecular weight excluding hydrogens is 429 g/mol. The molecule has 1 amide bonds. The van der Waals surface area contributed by atoms with Crippen LogP contribution in [0.1, 0.15) is 22.7 Å². The third-order valence-corrected chi connectivity index (χ3v) is 5.50. The third kappa shape index (κ3) is 4.41. The fourth-order valence-corrected chi connectivity index (χ4v) is 4.25. The number of carbonyl (C=O) groups is 1. The standard InChI is InChI=1S/C20H24NO9P/c1-26-15-6-5-13-14(19(15)30-31(23,24)25)7-8-21(11-22)18(13)12-9-16(27-2)20(29-4)17(10-12)28-3/h5-6,9-11,18H,7-8H2,1-4H3,(H2,23,24,25)/t18-/m1/s1. The molecule has 0 aromatic heterocycles. The van der Waals surface area contributed by atoms with Crippen LogP contribution in [0.15, 0.2) is 24.3 Å². The lowest BCUT2D eigenvalue weighted by Gasteiger charge is -2.36. The van der Waals surface area contributed by atoms with E-state index < -0.39 is 13.9 Å². The highest BCUT2D eigenvalue weighted by Gasteiger charge is 2.34. The van der Waals surface area contributed by atoms with E-state index in [0.29, 0.717) is 46.9 Å². The number of nitrogens with zero attached hydrogens (tertiary/aromatic N) is 1. The molecule has 0 aliphatic carbocycles. The van der Waals surface area contributed by atoms with E-state index in [4.69, 9.17) is 23.5 Å². The van der Waals surface area contributed by atoms with Crippen molar-refractivity contribution in [1.82, 2.24) is 4.90 Å². The fourth-order valence-electron chi connectivity index (χ4n) is 3.81. The maximum absolute atomic E-state index is 11.9. The van der Waals surface area contributed by atoms with Gasteiger partial charge in [-0.1, -0.05) is 6.07 Å². The Morgan fingerprint density at radius 1 is 0.968 bits per heavy atom. The van der Waals surface area contributed by atoms with Gasteiger partial charge < -0.3 is 28.4 Å². The molecule has 11 heteroatoms. The van der Waals surface area contributed by atoms with Crippen LogP contribution in [0.25, 0.3) is 0 Å². The second kappa shape index (κ2) is 9.05. The summed E-state index contributed by atoms with van der Waals surface area (Å²) in [6.45, 7) is 0.294. The van der Waals surface area contributed by atoms with Crippen LogP contribution in [0.2, 0.25) is 0 Å². The Morgan fingerprint density at radius 3 is 2.06 bits per heavy atom. The second-order valence-electron chi connectivity index (χ2n) is 6.70. The maximum atomic E-state index is 11.9. The monoisotopic (exact) mass is 453 g/mol. The van der Waals surface area contributed by atoms with Crippen molar-refractivity contribution in [2.45, 2.75) is 12.5 Å². The number of amides is 1. The first-order valence-electron chi connectivity index (χ1n) is 9.23. The molecule has 2 aromatic rings. The number of ether oxygens (including phenoxy) is 4. The van der Waals surface area contributed by atoms with Gasteiger partial charge in [0.05, 0.1) is 34.5 Å². The van der Waals surface area contributed by atoms with E-state index >= 15 is 0 Å². The van der Waals surface area contributed by atoms with E-state index in [-0.39, 0.29) is 11.5 Å². The summed E-state index contributed by atoms with van der Waals surface area (Å²) in [6, 6.07) is 6.16. The Morgan fingerprint density at radius 2 is 1.58 bits per heavy atom. The summed E-state index contributed by atoms with van der Waals surface area (Å²) >= 11 is 0. The summed E-state index contributed by atoms with van der Waals surface area (Å²) in [5, 5.41) is 0. The van der Waals surface area contributed by atoms with Gasteiger partial charge in [0.1, 0.15) is 0 Å². The molecule has 31 heavy (non-hydrogen) atoms. The molecule has 0 unspecified atom stereocenters. The van der Waals surface area contributed by atoms with Crippen LogP contribution < -0.4 is 23.5 Å². The zero-order valence-electron chi connectivity index (χ0n) is 17.5. The van der Waals surface area contributed by atoms with Crippen molar-refractivity contribution in [1.29, 1.82) is 0 Å². The van der Waals surface area contributed by atoms with Gasteiger partial charge >= 0.3 is 7.82 Å². The molecule has 2 aromatic carbocycles. The molecule has 0 radical (unpaired) electrons. The largest absolute Gasteiger partial charge is 0.524 e. The van der Waals surface area contributed by atoms with Crippen molar-refractivity contribution in [3.8, 4) is 28.7 Å². The van der Waals surface area contributed by atoms with Crippen LogP contribution in [-0.2, 0) is 15.8 Å². The third-order valence-electron chi connectivity index (χ3n) is 5.08. The van der Waals surface area contributed by atoms with Crippen LogP contribution >= 0.6 is 7.82 Å². The number of carbonyl (C=O) groups excluding carboxylic acids is 1. The van der Waals surface area contributed by atoms with Crippen molar-refractivity contribution in [3.63, 3.8) is 0 Å². The molecule has 0 spiro atoms. The molecule has 10 nitrogen and oxygen atoms in total. The summed E-state index contributed by atoms with van der Waals surface area (Å²) in [4.78, 5) is 32.2. The number of hydrogen-bond donors (Lipinski definition) is 2. The number of hydrogen-bond acceptors (Lipinski definition) is 7. The SMILES string of the molecule is COc1cc([C@@H]2c3ccc(OC)c(OP(=O)(O)O)c3CCN2C=O)cc(OC)c1OC. The van der Waals surface area contributed by atoms with Crippen LogP contribution in [0.3, 0.4) is 0 Å². The first-order chi connectivity index (χ1) is 14.8. The lowest BCUT2D eigenvalue weighted by Crippen LogP contribution is -2.35. The minimum Gasteiger partial charge on any atom is -0.493 e. The summed E-state index contributed by atoms with van der Waals surface area (Å²) in [5.41, 5.74) is 1.84. The predicted molar refractivity (Wildman–Crippen MR) is 110 cm³/mol. The van der Waals surface area contributed by atoms with E-state index in [9.17, 15) is 19.1 Å². The Kier molecular flexibility index (Phi) is 6.64. The van der Waals surface area contributed by atoms with E-state index in [1.807, 2.05) is 0 Å². The van der Waals surface area contributed by atoms with E-state index in [1.165, 1.54) is 28.4 Å². The molecule has 0 saturated heterocycles. The van der Waals surface area contributed by atoms with Crippen molar-refractivity contribution in [2.24, 2.45) is 0 Å². The highest BCUT2D eigenvalue weighted by Crippen LogP contribution is 2.50. The van der Waals surface area contributed by atoms with Gasteiger partial charge in [-0.2, -0.15) is 0 Å². The van der Waals surface area contributed by atoms with Gasteiger partial charge in [0.25, 0.3) is 0 Å². The summed E-state index contributed by atoms with van der Waals surface area (Å²) in [7, 11) is 1.01. The molecule has 1 atom stereocenters. The average molecular weight is 453 g/mol. The first kappa shape index (κ1) is 22.7. The van der Waals surface area contributed by atoms with Crippen molar-refractivity contribution >= 4 is 14.2 Å². The molecule has 1 aliphatic heterocycles. The molecule has 3 rings (SSSR count). The number of benzene rings is 2. The van der Waals surface area contributed by atoms with Gasteiger partial charge in [0, 0.05) is 12.1 Å². The summed E-state index contributed by atoms with van der Waals surface area (Å²) in [6.07, 6.45) is 1.05. The smallest absolute Gasteiger partial charge is 0.493 e. The lowest BCUT2D eigenvalue weighted by atomic mass is 9.87. The number of methoxy groups -OCH3 is 4. The Labute approximate surface area is 179 Å². The summed E-state index contributed by atoms with van der Waals surface area (Å²) in [5.74, 6) is 1.37. The average Bonchev–Trinajstić information content (AvgIpc) is 2.76. The van der Waals surface area contributed by atoms with Crippen LogP contribution in [0.4, 0.5) is 0 Å². The highest BCUT2D eigenvalue weighted by molar-refractivity contribution is 7.46. The zero-order valence-corrected chi connectivity index (χ0v) is 18.4. The van der Waals surface area contributed by atoms with Crippen LogP contribution in [0, 0.1) is 0 Å². The van der Waals surface area contributed by atoms with Gasteiger partial charge in [-0.3, -0.25) is 14.6 Å². The molecule has 0 fully saturated rings. The highest BCUT2D eigenvalue weighted by atomic mass is 31.2. The van der Waals surface area contributed by atoms with Gasteiger partial charge in [0.15, 0.2) is 23.0 Å². The van der Waals surface area contributed by atoms with E-state index in [2.05, 4.69) is 0 Å². The van der Waals surface area contributed by atoms with Crippen molar-refractivity contribution in [3.05, 3.63) is 41.0 Å². The van der Waals surface area contributed by atoms with Gasteiger partial charge in [-0.25, -0.2) is 4.57 Å². The molecule has 168 valence electrons. The molecule has 1 aliphatic rings. The molecule has 0 bridgehead atoms. The van der Waals surface area contributed by atoms with Gasteiger partial charge in [-0.05, 0) is 35.7 Å². The first-order valence-corrected chi connectivity index (χ1v) is 10.8.